The molecule has 0 atom stereocenters. The van der Waals surface area contributed by atoms with Crippen molar-refractivity contribution in [1.29, 1.82) is 0 Å². The number of hydrogen-bond acceptors (Lipinski definition) is 4. The van der Waals surface area contributed by atoms with Crippen LogP contribution in [0.2, 0.25) is 0 Å². The van der Waals surface area contributed by atoms with Crippen LogP contribution >= 0.6 is 0 Å². The molecule has 0 aliphatic heterocycles. The summed E-state index contributed by atoms with van der Waals surface area (Å²) in [7, 11) is -3.62. The zero-order chi connectivity index (χ0) is 15.3. The van der Waals surface area contributed by atoms with Gasteiger partial charge in [-0.2, -0.15) is 0 Å². The Kier molecular flexibility index (Phi) is 4.95. The Morgan fingerprint density at radius 1 is 1.00 bits per heavy atom. The van der Waals surface area contributed by atoms with E-state index in [9.17, 15) is 8.42 Å². The van der Waals surface area contributed by atoms with Crippen molar-refractivity contribution in [2.24, 2.45) is 5.14 Å². The molecule has 2 aromatic rings. The van der Waals surface area contributed by atoms with Crippen LogP contribution in [-0.4, -0.2) is 15.0 Å². The van der Waals surface area contributed by atoms with Crippen molar-refractivity contribution in [2.45, 2.75) is 17.9 Å². The van der Waals surface area contributed by atoms with Gasteiger partial charge >= 0.3 is 0 Å². The number of primary sulfonamides is 1. The number of para-hydroxylation sites is 1. The summed E-state index contributed by atoms with van der Waals surface area (Å²) in [5.74, 6) is 0. The van der Waals surface area contributed by atoms with Gasteiger partial charge in [0.25, 0.3) is 0 Å². The Morgan fingerprint density at radius 3 is 2.29 bits per heavy atom. The summed E-state index contributed by atoms with van der Waals surface area (Å²) in [6.45, 7) is 1.49. The van der Waals surface area contributed by atoms with Gasteiger partial charge in [0.2, 0.25) is 10.0 Å². The first-order chi connectivity index (χ1) is 9.97. The molecular formula is C15H19N3O2S. The topological polar surface area (TPSA) is 98.2 Å². The van der Waals surface area contributed by atoms with Gasteiger partial charge in [-0.15, -0.1) is 0 Å². The summed E-state index contributed by atoms with van der Waals surface area (Å²) in [4.78, 5) is 0.135. The third kappa shape index (κ3) is 4.56. The van der Waals surface area contributed by atoms with Crippen molar-refractivity contribution in [3.8, 4) is 0 Å². The first kappa shape index (κ1) is 15.5. The van der Waals surface area contributed by atoms with Gasteiger partial charge in [0.1, 0.15) is 0 Å². The smallest absolute Gasteiger partial charge is 0.238 e. The predicted octanol–water partition coefficient (Wildman–Crippen LogP) is 1.25. The third-order valence-corrected chi connectivity index (χ3v) is 4.14. The minimum Gasteiger partial charge on any atom is -0.398 e. The summed E-state index contributed by atoms with van der Waals surface area (Å²) >= 11 is 0. The number of nitrogens with two attached hydrogens (primary N) is 2. The molecule has 5 N–H and O–H groups in total. The fraction of sp³-hybridized carbons (Fsp3) is 0.200. The molecule has 0 spiro atoms. The lowest BCUT2D eigenvalue weighted by atomic mass is 10.1. The van der Waals surface area contributed by atoms with Crippen LogP contribution in [0, 0.1) is 0 Å². The Balaban J connectivity index is 1.83. The lowest BCUT2D eigenvalue weighted by Gasteiger charge is -2.08. The predicted molar refractivity (Wildman–Crippen MR) is 84.1 cm³/mol. The van der Waals surface area contributed by atoms with Gasteiger partial charge in [-0.05, 0) is 42.3 Å². The highest BCUT2D eigenvalue weighted by Gasteiger charge is 2.06. The Bertz CT molecular complexity index is 697. The highest BCUT2D eigenvalue weighted by molar-refractivity contribution is 7.89. The molecule has 21 heavy (non-hydrogen) atoms. The zero-order valence-electron chi connectivity index (χ0n) is 11.6. The number of sulfonamides is 1. The van der Waals surface area contributed by atoms with Crippen LogP contribution < -0.4 is 16.2 Å². The molecule has 2 aromatic carbocycles. The highest BCUT2D eigenvalue weighted by atomic mass is 32.2. The van der Waals surface area contributed by atoms with E-state index in [1.54, 1.807) is 12.1 Å². The summed E-state index contributed by atoms with van der Waals surface area (Å²) in [6.07, 6.45) is 0.803. The monoisotopic (exact) mass is 305 g/mol. The van der Waals surface area contributed by atoms with Crippen LogP contribution in [0.4, 0.5) is 5.69 Å². The molecule has 0 unspecified atom stereocenters. The fourth-order valence-electron chi connectivity index (χ4n) is 2.00. The average Bonchev–Trinajstić information content (AvgIpc) is 2.45. The maximum atomic E-state index is 11.1. The number of anilines is 1. The van der Waals surface area contributed by atoms with Gasteiger partial charge in [-0.25, -0.2) is 13.6 Å². The van der Waals surface area contributed by atoms with Crippen LogP contribution in [0.25, 0.3) is 0 Å². The Labute approximate surface area is 125 Å². The molecule has 0 saturated heterocycles. The molecule has 5 nitrogen and oxygen atoms in total. The number of nitrogen functional groups attached to an aromatic ring is 1. The molecule has 0 radical (unpaired) electrons. The molecule has 0 aliphatic rings. The molecule has 6 heteroatoms. The minimum atomic E-state index is -3.62. The lowest BCUT2D eigenvalue weighted by Crippen LogP contribution is -2.17. The molecule has 2 rings (SSSR count). The van der Waals surface area contributed by atoms with Crippen molar-refractivity contribution in [3.05, 3.63) is 59.7 Å². The largest absolute Gasteiger partial charge is 0.398 e. The average molecular weight is 305 g/mol. The molecule has 112 valence electrons. The maximum absolute atomic E-state index is 11.1. The normalized spacial score (nSPS) is 11.5. The quantitative estimate of drug-likeness (QED) is 0.552. The Hall–Kier alpha value is -1.89. The van der Waals surface area contributed by atoms with Gasteiger partial charge in [-0.1, -0.05) is 30.3 Å². The van der Waals surface area contributed by atoms with E-state index in [1.807, 2.05) is 24.3 Å². The van der Waals surface area contributed by atoms with Gasteiger partial charge in [0.05, 0.1) is 4.90 Å². The molecule has 0 fully saturated rings. The van der Waals surface area contributed by atoms with Crippen molar-refractivity contribution < 1.29 is 8.42 Å². The van der Waals surface area contributed by atoms with Crippen LogP contribution in [0.15, 0.2) is 53.4 Å². The van der Waals surface area contributed by atoms with Gasteiger partial charge in [-0.3, -0.25) is 0 Å². The van der Waals surface area contributed by atoms with Gasteiger partial charge in [0, 0.05) is 12.2 Å². The maximum Gasteiger partial charge on any atom is 0.238 e. The van der Waals surface area contributed by atoms with E-state index in [0.29, 0.717) is 6.54 Å². The highest BCUT2D eigenvalue weighted by Crippen LogP contribution is 2.11. The first-order valence-corrected chi connectivity index (χ1v) is 8.17. The van der Waals surface area contributed by atoms with Crippen LogP contribution in [-0.2, 0) is 23.0 Å². The minimum absolute atomic E-state index is 0.135. The second kappa shape index (κ2) is 6.71. The summed E-state index contributed by atoms with van der Waals surface area (Å²) < 4.78 is 22.3. The zero-order valence-corrected chi connectivity index (χ0v) is 12.4. The second-order valence-electron chi connectivity index (χ2n) is 4.81. The van der Waals surface area contributed by atoms with E-state index in [0.717, 1.165) is 29.8 Å². The number of hydrogen-bond donors (Lipinski definition) is 3. The molecule has 0 heterocycles. The van der Waals surface area contributed by atoms with Crippen LogP contribution in [0.3, 0.4) is 0 Å². The van der Waals surface area contributed by atoms with Gasteiger partial charge < -0.3 is 11.1 Å². The van der Waals surface area contributed by atoms with E-state index < -0.39 is 10.0 Å². The molecule has 0 aliphatic carbocycles. The fourth-order valence-corrected chi connectivity index (χ4v) is 2.51. The number of nitrogens with one attached hydrogen (secondary N) is 1. The van der Waals surface area contributed by atoms with Crippen molar-refractivity contribution in [3.63, 3.8) is 0 Å². The molecule has 0 aromatic heterocycles. The second-order valence-corrected chi connectivity index (χ2v) is 6.38. The Morgan fingerprint density at radius 2 is 1.67 bits per heavy atom. The lowest BCUT2D eigenvalue weighted by molar-refractivity contribution is 0.597. The molecule has 0 amide bonds. The third-order valence-electron chi connectivity index (χ3n) is 3.21. The number of rotatable bonds is 6. The van der Waals surface area contributed by atoms with Crippen molar-refractivity contribution in [2.75, 3.05) is 12.3 Å². The SMILES string of the molecule is Nc1ccccc1CNCCc1ccc(S(N)(=O)=O)cc1. The summed E-state index contributed by atoms with van der Waals surface area (Å²) in [5, 5.41) is 8.37. The van der Waals surface area contributed by atoms with Crippen molar-refractivity contribution >= 4 is 15.7 Å². The van der Waals surface area contributed by atoms with Gasteiger partial charge in [0.15, 0.2) is 0 Å². The van der Waals surface area contributed by atoms with E-state index in [4.69, 9.17) is 10.9 Å². The van der Waals surface area contributed by atoms with E-state index in [1.165, 1.54) is 12.1 Å². The van der Waals surface area contributed by atoms with E-state index in [2.05, 4.69) is 5.32 Å². The van der Waals surface area contributed by atoms with Crippen molar-refractivity contribution in [1.82, 2.24) is 5.32 Å². The van der Waals surface area contributed by atoms with Crippen LogP contribution in [0.5, 0.6) is 0 Å². The summed E-state index contributed by atoms with van der Waals surface area (Å²) in [6, 6.07) is 14.3. The first-order valence-electron chi connectivity index (χ1n) is 6.62. The van der Waals surface area contributed by atoms with E-state index >= 15 is 0 Å². The van der Waals surface area contributed by atoms with E-state index in [-0.39, 0.29) is 4.90 Å². The standard InChI is InChI=1S/C15H19N3O2S/c16-15-4-2-1-3-13(15)11-18-10-9-12-5-7-14(8-6-12)21(17,19)20/h1-8,18H,9-11,16H2,(H2,17,19,20). The number of benzene rings is 2. The molecule has 0 saturated carbocycles. The summed E-state index contributed by atoms with van der Waals surface area (Å²) in [5.41, 5.74) is 8.77. The molecular weight excluding hydrogens is 286 g/mol. The molecule has 0 bridgehead atoms. The van der Waals surface area contributed by atoms with Crippen LogP contribution in [0.1, 0.15) is 11.1 Å².